The van der Waals surface area contributed by atoms with Crippen LogP contribution in [0.15, 0.2) is 0 Å². The van der Waals surface area contributed by atoms with Gasteiger partial charge in [-0.25, -0.2) is 0 Å². The van der Waals surface area contributed by atoms with Crippen LogP contribution in [0.1, 0.15) is 104 Å². The van der Waals surface area contributed by atoms with Crippen molar-refractivity contribution in [1.82, 2.24) is 0 Å². The SMILES string of the molecule is CCCC1C2CC[C@@H](N)CC2CCC1C1C(C)CCCCCC1CC. The first-order valence-corrected chi connectivity index (χ1v) is 11.9. The van der Waals surface area contributed by atoms with Gasteiger partial charge in [-0.15, -0.1) is 0 Å². The Morgan fingerprint density at radius 2 is 1.60 bits per heavy atom. The minimum absolute atomic E-state index is 0.504. The molecule has 0 aromatic carbocycles. The van der Waals surface area contributed by atoms with E-state index >= 15 is 0 Å². The molecule has 2 N–H and O–H groups in total. The monoisotopic (exact) mass is 347 g/mol. The molecular weight excluding hydrogens is 302 g/mol. The molecule has 8 atom stereocenters. The number of hydrogen-bond donors (Lipinski definition) is 1. The Labute approximate surface area is 157 Å². The van der Waals surface area contributed by atoms with Gasteiger partial charge in [0.05, 0.1) is 0 Å². The van der Waals surface area contributed by atoms with Gasteiger partial charge in [-0.05, 0) is 73.5 Å². The Bertz CT molecular complexity index is 392. The minimum Gasteiger partial charge on any atom is -0.328 e. The summed E-state index contributed by atoms with van der Waals surface area (Å²) in [7, 11) is 0. The summed E-state index contributed by atoms with van der Waals surface area (Å²) >= 11 is 0. The Morgan fingerprint density at radius 3 is 2.36 bits per heavy atom. The van der Waals surface area contributed by atoms with Crippen molar-refractivity contribution >= 4 is 0 Å². The highest BCUT2D eigenvalue weighted by Crippen LogP contribution is 2.54. The number of hydrogen-bond acceptors (Lipinski definition) is 1. The van der Waals surface area contributed by atoms with Crippen LogP contribution in [-0.2, 0) is 0 Å². The summed E-state index contributed by atoms with van der Waals surface area (Å²) in [4.78, 5) is 0. The molecule has 3 saturated carbocycles. The van der Waals surface area contributed by atoms with Crippen LogP contribution in [0, 0.1) is 41.4 Å². The van der Waals surface area contributed by atoms with Gasteiger partial charge in [0.15, 0.2) is 0 Å². The fourth-order valence-electron chi connectivity index (χ4n) is 7.54. The third-order valence-corrected chi connectivity index (χ3v) is 8.63. The smallest absolute Gasteiger partial charge is 0.00416 e. The molecule has 0 saturated heterocycles. The maximum atomic E-state index is 6.34. The fraction of sp³-hybridized carbons (Fsp3) is 1.00. The summed E-state index contributed by atoms with van der Waals surface area (Å²) in [6, 6.07) is 0.504. The zero-order valence-corrected chi connectivity index (χ0v) is 17.4. The van der Waals surface area contributed by atoms with Crippen LogP contribution in [0.25, 0.3) is 0 Å². The molecule has 3 fully saturated rings. The van der Waals surface area contributed by atoms with Crippen LogP contribution in [0.3, 0.4) is 0 Å². The molecule has 0 aromatic heterocycles. The number of fused-ring (bicyclic) bond motifs is 1. The first kappa shape index (κ1) is 19.7. The lowest BCUT2D eigenvalue weighted by Crippen LogP contribution is -2.46. The van der Waals surface area contributed by atoms with Crippen molar-refractivity contribution in [3.63, 3.8) is 0 Å². The molecule has 0 heterocycles. The minimum atomic E-state index is 0.504. The molecule has 0 radical (unpaired) electrons. The third kappa shape index (κ3) is 4.45. The molecule has 1 heteroatoms. The molecule has 0 aromatic rings. The molecule has 1 nitrogen and oxygen atoms in total. The van der Waals surface area contributed by atoms with E-state index < -0.39 is 0 Å². The van der Waals surface area contributed by atoms with Crippen LogP contribution < -0.4 is 5.73 Å². The highest BCUT2D eigenvalue weighted by atomic mass is 14.7. The van der Waals surface area contributed by atoms with Crippen LogP contribution in [0.2, 0.25) is 0 Å². The van der Waals surface area contributed by atoms with E-state index in [-0.39, 0.29) is 0 Å². The van der Waals surface area contributed by atoms with Crippen molar-refractivity contribution in [2.45, 2.75) is 110 Å². The summed E-state index contributed by atoms with van der Waals surface area (Å²) in [5.74, 6) is 6.97. The molecule has 3 aliphatic carbocycles. The first-order valence-electron chi connectivity index (χ1n) is 11.9. The lowest BCUT2D eigenvalue weighted by Gasteiger charge is -2.52. The maximum absolute atomic E-state index is 6.34. The predicted molar refractivity (Wildman–Crippen MR) is 109 cm³/mol. The standard InChI is InChI=1S/C24H45N/c1-4-9-22-21-15-13-20(25)16-19(21)12-14-23(22)24-17(3)10-7-6-8-11-18(24)5-2/h17-24H,4-16,25H2,1-3H3/t17?,18?,19?,20-,21?,22?,23?,24?/m1/s1. The molecular formula is C24H45N. The van der Waals surface area contributed by atoms with Gasteiger partial charge in [-0.1, -0.05) is 72.1 Å². The second-order valence-electron chi connectivity index (χ2n) is 10.1. The van der Waals surface area contributed by atoms with Gasteiger partial charge >= 0.3 is 0 Å². The van der Waals surface area contributed by atoms with E-state index in [9.17, 15) is 0 Å². The quantitative estimate of drug-likeness (QED) is 0.594. The van der Waals surface area contributed by atoms with E-state index in [0.717, 1.165) is 41.4 Å². The Kier molecular flexibility index (Phi) is 7.29. The van der Waals surface area contributed by atoms with Crippen LogP contribution in [-0.4, -0.2) is 6.04 Å². The van der Waals surface area contributed by atoms with E-state index in [4.69, 9.17) is 5.73 Å². The van der Waals surface area contributed by atoms with E-state index in [1.54, 1.807) is 0 Å². The summed E-state index contributed by atoms with van der Waals surface area (Å²) in [6.07, 6.45) is 18.8. The van der Waals surface area contributed by atoms with Crippen molar-refractivity contribution in [3.8, 4) is 0 Å². The summed E-state index contributed by atoms with van der Waals surface area (Å²) in [5.41, 5.74) is 6.34. The summed E-state index contributed by atoms with van der Waals surface area (Å²) in [5, 5.41) is 0. The van der Waals surface area contributed by atoms with Crippen molar-refractivity contribution in [3.05, 3.63) is 0 Å². The predicted octanol–water partition coefficient (Wildman–Crippen LogP) is 6.80. The molecule has 146 valence electrons. The van der Waals surface area contributed by atoms with Gasteiger partial charge in [0.1, 0.15) is 0 Å². The normalized spacial score (nSPS) is 46.1. The highest BCUT2D eigenvalue weighted by Gasteiger charge is 2.46. The topological polar surface area (TPSA) is 26.0 Å². The Morgan fingerprint density at radius 1 is 0.840 bits per heavy atom. The van der Waals surface area contributed by atoms with E-state index in [2.05, 4.69) is 20.8 Å². The second kappa shape index (κ2) is 9.25. The van der Waals surface area contributed by atoms with Crippen molar-refractivity contribution < 1.29 is 0 Å². The average Bonchev–Trinajstić information content (AvgIpc) is 2.59. The second-order valence-corrected chi connectivity index (χ2v) is 10.1. The highest BCUT2D eigenvalue weighted by molar-refractivity contribution is 4.96. The number of nitrogens with two attached hydrogens (primary N) is 1. The van der Waals surface area contributed by atoms with Gasteiger partial charge in [0, 0.05) is 6.04 Å². The largest absolute Gasteiger partial charge is 0.328 e. The van der Waals surface area contributed by atoms with Gasteiger partial charge in [-0.2, -0.15) is 0 Å². The third-order valence-electron chi connectivity index (χ3n) is 8.63. The van der Waals surface area contributed by atoms with E-state index in [1.165, 1.54) is 83.5 Å². The Balaban J connectivity index is 1.81. The number of rotatable bonds is 4. The average molecular weight is 348 g/mol. The van der Waals surface area contributed by atoms with Gasteiger partial charge < -0.3 is 5.73 Å². The molecule has 25 heavy (non-hydrogen) atoms. The van der Waals surface area contributed by atoms with Gasteiger partial charge in [0.25, 0.3) is 0 Å². The molecule has 3 rings (SSSR count). The molecule has 0 amide bonds. The van der Waals surface area contributed by atoms with Crippen LogP contribution >= 0.6 is 0 Å². The van der Waals surface area contributed by atoms with E-state index in [1.807, 2.05) is 0 Å². The molecule has 0 bridgehead atoms. The van der Waals surface area contributed by atoms with Crippen molar-refractivity contribution in [1.29, 1.82) is 0 Å². The van der Waals surface area contributed by atoms with Gasteiger partial charge in [-0.3, -0.25) is 0 Å². The molecule has 7 unspecified atom stereocenters. The lowest BCUT2D eigenvalue weighted by molar-refractivity contribution is -0.0221. The molecule has 3 aliphatic rings. The maximum Gasteiger partial charge on any atom is 0.00416 e. The van der Waals surface area contributed by atoms with Crippen LogP contribution in [0.5, 0.6) is 0 Å². The first-order chi connectivity index (χ1) is 12.2. The van der Waals surface area contributed by atoms with Crippen LogP contribution in [0.4, 0.5) is 0 Å². The summed E-state index contributed by atoms with van der Waals surface area (Å²) < 4.78 is 0. The zero-order valence-electron chi connectivity index (χ0n) is 17.4. The fourth-order valence-corrected chi connectivity index (χ4v) is 7.54. The van der Waals surface area contributed by atoms with Gasteiger partial charge in [0.2, 0.25) is 0 Å². The van der Waals surface area contributed by atoms with E-state index in [0.29, 0.717) is 6.04 Å². The molecule has 0 spiro atoms. The summed E-state index contributed by atoms with van der Waals surface area (Å²) in [6.45, 7) is 7.52. The molecule has 0 aliphatic heterocycles. The Hall–Kier alpha value is -0.0400. The lowest BCUT2D eigenvalue weighted by atomic mass is 9.53. The van der Waals surface area contributed by atoms with Crippen molar-refractivity contribution in [2.75, 3.05) is 0 Å². The van der Waals surface area contributed by atoms with Crippen molar-refractivity contribution in [2.24, 2.45) is 47.2 Å². The zero-order chi connectivity index (χ0) is 17.8.